The summed E-state index contributed by atoms with van der Waals surface area (Å²) in [4.78, 5) is 0. The van der Waals surface area contributed by atoms with E-state index in [4.69, 9.17) is 11.6 Å². The van der Waals surface area contributed by atoms with Crippen LogP contribution in [0.1, 0.15) is 44.6 Å². The minimum Gasteiger partial charge on any atom is -0.122 e. The molecule has 2 aromatic rings. The van der Waals surface area contributed by atoms with Crippen LogP contribution in [-0.4, -0.2) is 5.38 Å². The van der Waals surface area contributed by atoms with Gasteiger partial charge in [-0.1, -0.05) is 62.2 Å². The molecule has 106 valence electrons. The number of alkyl halides is 1. The van der Waals surface area contributed by atoms with Gasteiger partial charge in [0.15, 0.2) is 0 Å². The molecule has 0 aliphatic heterocycles. The lowest BCUT2D eigenvalue weighted by Gasteiger charge is -2.33. The molecule has 0 nitrogen and oxygen atoms in total. The number of hydrogen-bond acceptors (Lipinski definition) is 0. The van der Waals surface area contributed by atoms with Crippen molar-refractivity contribution in [1.82, 2.24) is 0 Å². The van der Waals surface area contributed by atoms with E-state index in [9.17, 15) is 0 Å². The molecular weight excluding hydrogens is 264 g/mol. The predicted octanol–water partition coefficient (Wildman–Crippen LogP) is 5.96. The number of rotatable bonds is 4. The van der Waals surface area contributed by atoms with Crippen molar-refractivity contribution in [2.75, 3.05) is 0 Å². The van der Waals surface area contributed by atoms with Crippen LogP contribution in [0.25, 0.3) is 10.8 Å². The van der Waals surface area contributed by atoms with Crippen LogP contribution in [0.3, 0.4) is 0 Å². The first-order valence-corrected chi connectivity index (χ1v) is 8.29. The maximum absolute atomic E-state index is 6.88. The lowest BCUT2D eigenvalue weighted by molar-refractivity contribution is 0.267. The molecule has 0 aromatic heterocycles. The zero-order valence-corrected chi connectivity index (χ0v) is 13.0. The number of fused-ring (bicyclic) bond motifs is 1. The molecule has 1 aliphatic rings. The van der Waals surface area contributed by atoms with Crippen LogP contribution in [0, 0.1) is 5.41 Å². The second-order valence-electron chi connectivity index (χ2n) is 6.23. The lowest BCUT2D eigenvalue weighted by atomic mass is 9.77. The molecule has 3 rings (SSSR count). The second kappa shape index (κ2) is 5.77. The van der Waals surface area contributed by atoms with Gasteiger partial charge in [-0.2, -0.15) is 0 Å². The van der Waals surface area contributed by atoms with Gasteiger partial charge in [-0.05, 0) is 47.4 Å². The number of hydrogen-bond donors (Lipinski definition) is 0. The van der Waals surface area contributed by atoms with Crippen molar-refractivity contribution in [3.05, 3.63) is 48.0 Å². The highest BCUT2D eigenvalue weighted by molar-refractivity contribution is 6.21. The highest BCUT2D eigenvalue weighted by Crippen LogP contribution is 2.47. The van der Waals surface area contributed by atoms with Gasteiger partial charge in [0.05, 0.1) is 0 Å². The van der Waals surface area contributed by atoms with Crippen LogP contribution in [0.4, 0.5) is 0 Å². The first-order valence-electron chi connectivity index (χ1n) is 7.86. The highest BCUT2D eigenvalue weighted by Gasteiger charge is 2.38. The predicted molar refractivity (Wildman–Crippen MR) is 88.5 cm³/mol. The second-order valence-corrected chi connectivity index (χ2v) is 6.76. The summed E-state index contributed by atoms with van der Waals surface area (Å²) in [5.41, 5.74) is 1.78. The van der Waals surface area contributed by atoms with Gasteiger partial charge in [-0.3, -0.25) is 0 Å². The van der Waals surface area contributed by atoms with Crippen LogP contribution < -0.4 is 0 Å². The zero-order valence-electron chi connectivity index (χ0n) is 12.2. The van der Waals surface area contributed by atoms with Gasteiger partial charge in [-0.15, -0.1) is 11.6 Å². The summed E-state index contributed by atoms with van der Waals surface area (Å²) >= 11 is 6.88. The Morgan fingerprint density at radius 3 is 2.50 bits per heavy atom. The first-order chi connectivity index (χ1) is 9.75. The van der Waals surface area contributed by atoms with Gasteiger partial charge in [0.25, 0.3) is 0 Å². The van der Waals surface area contributed by atoms with Gasteiger partial charge in [0.2, 0.25) is 0 Å². The molecule has 1 unspecified atom stereocenters. The quantitative estimate of drug-likeness (QED) is 0.608. The third kappa shape index (κ3) is 2.46. The fraction of sp³-hybridized carbons (Fsp3) is 0.474. The number of halogens is 1. The standard InChI is InChI=1S/C19H23Cl/c1-2-19(12-5-6-13-19)18(20)14-16-10-7-9-15-8-3-4-11-17(15)16/h3-4,7-11,18H,2,5-6,12-14H2,1H3. The van der Waals surface area contributed by atoms with Crippen molar-refractivity contribution in [3.8, 4) is 0 Å². The third-order valence-corrected chi connectivity index (χ3v) is 5.86. The molecule has 0 spiro atoms. The van der Waals surface area contributed by atoms with Gasteiger partial charge >= 0.3 is 0 Å². The Balaban J connectivity index is 1.89. The van der Waals surface area contributed by atoms with Crippen LogP contribution in [0.5, 0.6) is 0 Å². The Labute approximate surface area is 127 Å². The molecule has 1 saturated carbocycles. The zero-order chi connectivity index (χ0) is 14.0. The molecule has 0 saturated heterocycles. The summed E-state index contributed by atoms with van der Waals surface area (Å²) < 4.78 is 0. The van der Waals surface area contributed by atoms with Gasteiger partial charge < -0.3 is 0 Å². The Morgan fingerprint density at radius 1 is 1.05 bits per heavy atom. The number of benzene rings is 2. The normalized spacial score (nSPS) is 19.3. The fourth-order valence-electron chi connectivity index (χ4n) is 3.85. The van der Waals surface area contributed by atoms with E-state index in [0.717, 1.165) is 6.42 Å². The molecule has 1 atom stereocenters. The fourth-order valence-corrected chi connectivity index (χ4v) is 4.39. The highest BCUT2D eigenvalue weighted by atomic mass is 35.5. The van der Waals surface area contributed by atoms with Crippen molar-refractivity contribution in [1.29, 1.82) is 0 Å². The summed E-state index contributed by atoms with van der Waals surface area (Å²) in [6.45, 7) is 2.31. The SMILES string of the molecule is CCC1(C(Cl)Cc2cccc3ccccc23)CCCC1. The van der Waals surface area contributed by atoms with E-state index in [1.807, 2.05) is 0 Å². The molecular formula is C19H23Cl. The van der Waals surface area contributed by atoms with E-state index in [2.05, 4.69) is 49.4 Å². The van der Waals surface area contributed by atoms with Gasteiger partial charge in [-0.25, -0.2) is 0 Å². The maximum atomic E-state index is 6.88. The summed E-state index contributed by atoms with van der Waals surface area (Å²) in [6, 6.07) is 15.2. The monoisotopic (exact) mass is 286 g/mol. The maximum Gasteiger partial charge on any atom is 0.0432 e. The van der Waals surface area contributed by atoms with Crippen molar-refractivity contribution in [2.24, 2.45) is 5.41 Å². The average molecular weight is 287 g/mol. The van der Waals surface area contributed by atoms with Crippen molar-refractivity contribution in [3.63, 3.8) is 0 Å². The molecule has 1 fully saturated rings. The molecule has 20 heavy (non-hydrogen) atoms. The van der Waals surface area contributed by atoms with E-state index in [1.54, 1.807) is 0 Å². The van der Waals surface area contributed by atoms with Gasteiger partial charge in [0.1, 0.15) is 0 Å². The van der Waals surface area contributed by atoms with E-state index in [0.29, 0.717) is 5.41 Å². The Kier molecular flexibility index (Phi) is 4.03. The van der Waals surface area contributed by atoms with E-state index in [1.165, 1.54) is 48.4 Å². The minimum absolute atomic E-state index is 0.265. The van der Waals surface area contributed by atoms with E-state index < -0.39 is 0 Å². The van der Waals surface area contributed by atoms with Crippen molar-refractivity contribution in [2.45, 2.75) is 50.8 Å². The molecule has 0 amide bonds. The van der Waals surface area contributed by atoms with Crippen LogP contribution >= 0.6 is 11.6 Å². The molecule has 2 aromatic carbocycles. The largest absolute Gasteiger partial charge is 0.122 e. The summed E-state index contributed by atoms with van der Waals surface area (Å²) in [6.07, 6.45) is 7.53. The third-order valence-electron chi connectivity index (χ3n) is 5.25. The molecule has 0 heterocycles. The summed E-state index contributed by atoms with van der Waals surface area (Å²) in [5.74, 6) is 0. The topological polar surface area (TPSA) is 0 Å². The Morgan fingerprint density at radius 2 is 1.75 bits per heavy atom. The summed E-state index contributed by atoms with van der Waals surface area (Å²) in [7, 11) is 0. The minimum atomic E-state index is 0.265. The average Bonchev–Trinajstić information content (AvgIpc) is 2.98. The summed E-state index contributed by atoms with van der Waals surface area (Å²) in [5, 5.41) is 2.96. The lowest BCUT2D eigenvalue weighted by Crippen LogP contribution is -2.29. The molecule has 1 aliphatic carbocycles. The van der Waals surface area contributed by atoms with E-state index >= 15 is 0 Å². The molecule has 0 bridgehead atoms. The van der Waals surface area contributed by atoms with Crippen molar-refractivity contribution < 1.29 is 0 Å². The Bertz CT molecular complexity index is 576. The van der Waals surface area contributed by atoms with E-state index in [-0.39, 0.29) is 5.38 Å². The van der Waals surface area contributed by atoms with Crippen molar-refractivity contribution >= 4 is 22.4 Å². The first kappa shape index (κ1) is 13.9. The van der Waals surface area contributed by atoms with Crippen LogP contribution in [0.2, 0.25) is 0 Å². The molecule has 0 radical (unpaired) electrons. The van der Waals surface area contributed by atoms with Crippen LogP contribution in [-0.2, 0) is 6.42 Å². The molecule has 0 N–H and O–H groups in total. The van der Waals surface area contributed by atoms with Gasteiger partial charge in [0, 0.05) is 5.38 Å². The molecule has 1 heteroatoms. The smallest absolute Gasteiger partial charge is 0.0432 e. The van der Waals surface area contributed by atoms with Crippen LogP contribution in [0.15, 0.2) is 42.5 Å². The Hall–Kier alpha value is -1.01.